The van der Waals surface area contributed by atoms with Gasteiger partial charge in [0, 0.05) is 39.3 Å². The molecule has 132 valence electrons. The molecule has 0 aromatic heterocycles. The van der Waals surface area contributed by atoms with Crippen LogP contribution in [0.3, 0.4) is 0 Å². The molecule has 1 aromatic carbocycles. The van der Waals surface area contributed by atoms with E-state index in [0.29, 0.717) is 5.69 Å². The van der Waals surface area contributed by atoms with Gasteiger partial charge in [0.25, 0.3) is 0 Å². The first kappa shape index (κ1) is 18.2. The lowest BCUT2D eigenvalue weighted by molar-refractivity contribution is -0.126. The normalized spacial score (nSPS) is 18.2. The Morgan fingerprint density at radius 1 is 1.33 bits per heavy atom. The SMILES string of the molecule is CN(C)S(=O)(=O)CCNC(=O)[C@@H]1CC(=O)N(c2ccc(O)cc2)C1. The minimum atomic E-state index is -3.37. The molecule has 1 saturated heterocycles. The smallest absolute Gasteiger partial charge is 0.227 e. The van der Waals surface area contributed by atoms with Crippen LogP contribution in [0.15, 0.2) is 24.3 Å². The average Bonchev–Trinajstić information content (AvgIpc) is 2.89. The number of carbonyl (C=O) groups excluding carboxylic acids is 2. The molecule has 1 heterocycles. The van der Waals surface area contributed by atoms with Crippen LogP contribution in [-0.2, 0) is 19.6 Å². The Morgan fingerprint density at radius 3 is 2.54 bits per heavy atom. The fraction of sp³-hybridized carbons (Fsp3) is 0.467. The second-order valence-corrected chi connectivity index (χ2v) is 8.11. The largest absolute Gasteiger partial charge is 0.508 e. The first-order chi connectivity index (χ1) is 11.2. The Hall–Kier alpha value is -2.13. The minimum Gasteiger partial charge on any atom is -0.508 e. The van der Waals surface area contributed by atoms with E-state index in [9.17, 15) is 23.1 Å². The van der Waals surface area contributed by atoms with E-state index in [-0.39, 0.29) is 42.8 Å². The lowest BCUT2D eigenvalue weighted by Crippen LogP contribution is -2.37. The zero-order valence-electron chi connectivity index (χ0n) is 13.6. The molecule has 8 nitrogen and oxygen atoms in total. The average molecular weight is 355 g/mol. The molecule has 2 rings (SSSR count). The van der Waals surface area contributed by atoms with Crippen molar-refractivity contribution in [1.82, 2.24) is 9.62 Å². The summed E-state index contributed by atoms with van der Waals surface area (Å²) in [5.74, 6) is -1.12. The van der Waals surface area contributed by atoms with Crippen LogP contribution < -0.4 is 10.2 Å². The fourth-order valence-electron chi connectivity index (χ4n) is 2.40. The molecule has 0 spiro atoms. The Morgan fingerprint density at radius 2 is 1.96 bits per heavy atom. The molecule has 1 fully saturated rings. The van der Waals surface area contributed by atoms with Gasteiger partial charge in [0.15, 0.2) is 0 Å². The van der Waals surface area contributed by atoms with Gasteiger partial charge in [-0.3, -0.25) is 9.59 Å². The Labute approximate surface area is 141 Å². The molecule has 1 aromatic rings. The summed E-state index contributed by atoms with van der Waals surface area (Å²) in [4.78, 5) is 25.7. The molecule has 1 aliphatic heterocycles. The zero-order valence-corrected chi connectivity index (χ0v) is 14.4. The molecule has 2 amide bonds. The molecule has 2 N–H and O–H groups in total. The van der Waals surface area contributed by atoms with Crippen LogP contribution in [0, 0.1) is 5.92 Å². The van der Waals surface area contributed by atoms with Crippen molar-refractivity contribution in [3.8, 4) is 5.75 Å². The number of anilines is 1. The van der Waals surface area contributed by atoms with Crippen LogP contribution in [0.25, 0.3) is 0 Å². The number of benzene rings is 1. The predicted octanol–water partition coefficient (Wildman–Crippen LogP) is -0.247. The molecular formula is C15H21N3O5S. The number of nitrogens with one attached hydrogen (secondary N) is 1. The highest BCUT2D eigenvalue weighted by atomic mass is 32.2. The van der Waals surface area contributed by atoms with Crippen LogP contribution in [0.4, 0.5) is 5.69 Å². The second kappa shape index (κ2) is 7.18. The number of phenols is 1. The van der Waals surface area contributed by atoms with Crippen molar-refractivity contribution in [3.05, 3.63) is 24.3 Å². The lowest BCUT2D eigenvalue weighted by Gasteiger charge is -2.17. The maximum absolute atomic E-state index is 12.1. The van der Waals surface area contributed by atoms with E-state index in [0.717, 1.165) is 4.31 Å². The summed E-state index contributed by atoms with van der Waals surface area (Å²) in [6, 6.07) is 6.17. The third-order valence-electron chi connectivity index (χ3n) is 3.87. The molecule has 0 radical (unpaired) electrons. The third kappa shape index (κ3) is 4.24. The highest BCUT2D eigenvalue weighted by Gasteiger charge is 2.35. The van der Waals surface area contributed by atoms with Crippen molar-refractivity contribution in [1.29, 1.82) is 0 Å². The van der Waals surface area contributed by atoms with Gasteiger partial charge in [0.1, 0.15) is 5.75 Å². The summed E-state index contributed by atoms with van der Waals surface area (Å²) in [6.45, 7) is 0.235. The molecule has 0 unspecified atom stereocenters. The molecule has 0 aliphatic carbocycles. The topological polar surface area (TPSA) is 107 Å². The monoisotopic (exact) mass is 355 g/mol. The van der Waals surface area contributed by atoms with E-state index in [1.165, 1.54) is 31.1 Å². The number of hydrogen-bond donors (Lipinski definition) is 2. The van der Waals surface area contributed by atoms with Gasteiger partial charge in [-0.1, -0.05) is 0 Å². The summed E-state index contributed by atoms with van der Waals surface area (Å²) in [7, 11) is -0.503. The van der Waals surface area contributed by atoms with Crippen LogP contribution in [0.2, 0.25) is 0 Å². The number of carbonyl (C=O) groups is 2. The number of nitrogens with zero attached hydrogens (tertiary/aromatic N) is 2. The first-order valence-electron chi connectivity index (χ1n) is 7.48. The van der Waals surface area contributed by atoms with E-state index in [1.54, 1.807) is 12.1 Å². The standard InChI is InChI=1S/C15H21N3O5S/c1-17(2)24(22,23)8-7-16-15(21)11-9-14(20)18(10-11)12-3-5-13(19)6-4-12/h3-6,11,19H,7-10H2,1-2H3,(H,16,21)/t11-/m1/s1. The van der Waals surface area contributed by atoms with Crippen molar-refractivity contribution in [2.75, 3.05) is 37.8 Å². The lowest BCUT2D eigenvalue weighted by atomic mass is 10.1. The molecule has 24 heavy (non-hydrogen) atoms. The van der Waals surface area contributed by atoms with Crippen molar-refractivity contribution in [3.63, 3.8) is 0 Å². The zero-order chi connectivity index (χ0) is 17.9. The van der Waals surface area contributed by atoms with Gasteiger partial charge in [0.2, 0.25) is 21.8 Å². The molecule has 1 aliphatic rings. The number of aromatic hydroxyl groups is 1. The van der Waals surface area contributed by atoms with Crippen LogP contribution in [-0.4, -0.2) is 62.6 Å². The van der Waals surface area contributed by atoms with Crippen LogP contribution >= 0.6 is 0 Å². The van der Waals surface area contributed by atoms with E-state index in [2.05, 4.69) is 5.32 Å². The summed E-state index contributed by atoms with van der Waals surface area (Å²) in [5, 5.41) is 11.9. The highest BCUT2D eigenvalue weighted by Crippen LogP contribution is 2.26. The number of hydrogen-bond acceptors (Lipinski definition) is 5. The molecule has 0 saturated carbocycles. The van der Waals surface area contributed by atoms with E-state index < -0.39 is 15.9 Å². The Bertz CT molecular complexity index is 715. The van der Waals surface area contributed by atoms with Crippen molar-refractivity contribution >= 4 is 27.5 Å². The summed E-state index contributed by atoms with van der Waals surface area (Å²) in [6.07, 6.45) is 0.0765. The summed E-state index contributed by atoms with van der Waals surface area (Å²) < 4.78 is 24.4. The van der Waals surface area contributed by atoms with Crippen molar-refractivity contribution < 1.29 is 23.1 Å². The fourth-order valence-corrected chi connectivity index (χ4v) is 3.12. The molecule has 1 atom stereocenters. The van der Waals surface area contributed by atoms with Gasteiger partial charge in [-0.15, -0.1) is 0 Å². The molecule has 9 heteroatoms. The molecule has 0 bridgehead atoms. The van der Waals surface area contributed by atoms with Crippen molar-refractivity contribution in [2.45, 2.75) is 6.42 Å². The van der Waals surface area contributed by atoms with Crippen molar-refractivity contribution in [2.24, 2.45) is 5.92 Å². The number of amides is 2. The number of phenolic OH excluding ortho intramolecular Hbond substituents is 1. The van der Waals surface area contributed by atoms with Crippen LogP contribution in [0.5, 0.6) is 5.75 Å². The highest BCUT2D eigenvalue weighted by molar-refractivity contribution is 7.89. The Kier molecular flexibility index (Phi) is 5.45. The quantitative estimate of drug-likeness (QED) is 0.732. The maximum Gasteiger partial charge on any atom is 0.227 e. The predicted molar refractivity (Wildman–Crippen MR) is 89.1 cm³/mol. The van der Waals surface area contributed by atoms with Crippen LogP contribution in [0.1, 0.15) is 6.42 Å². The Balaban J connectivity index is 1.91. The molecular weight excluding hydrogens is 334 g/mol. The third-order valence-corrected chi connectivity index (χ3v) is 5.71. The van der Waals surface area contributed by atoms with Gasteiger partial charge in [0.05, 0.1) is 11.7 Å². The number of sulfonamides is 1. The number of rotatable bonds is 6. The maximum atomic E-state index is 12.1. The minimum absolute atomic E-state index is 0.00322. The van der Waals surface area contributed by atoms with Gasteiger partial charge < -0.3 is 15.3 Å². The first-order valence-corrected chi connectivity index (χ1v) is 9.09. The van der Waals surface area contributed by atoms with Gasteiger partial charge >= 0.3 is 0 Å². The van der Waals surface area contributed by atoms with E-state index in [1.807, 2.05) is 0 Å². The van der Waals surface area contributed by atoms with Gasteiger partial charge in [-0.25, -0.2) is 12.7 Å². The summed E-state index contributed by atoms with van der Waals surface area (Å²) >= 11 is 0. The van der Waals surface area contributed by atoms with E-state index >= 15 is 0 Å². The summed E-state index contributed by atoms with van der Waals surface area (Å²) in [5.41, 5.74) is 0.614. The van der Waals surface area contributed by atoms with Gasteiger partial charge in [-0.05, 0) is 24.3 Å². The van der Waals surface area contributed by atoms with E-state index in [4.69, 9.17) is 0 Å². The van der Waals surface area contributed by atoms with Gasteiger partial charge in [-0.2, -0.15) is 0 Å². The second-order valence-electron chi connectivity index (χ2n) is 5.81.